The number of hydrogen-bond acceptors (Lipinski definition) is 8. The molecule has 30 heavy (non-hydrogen) atoms. The standard InChI is InChI=1S/C18H20ClN5O6/c19-10-1-2-11(20-9-10)22-5-7-23(8-6-22)16(28)15-13(26)14(27)17(30-15)24-4-3-12(25)21-18(24)29/h1-4,9,13-15,17,26-27H,5-8H2,(H,21,25,29)/t13-,14+,15-,17+/m0/s1. The molecule has 2 aromatic rings. The van der Waals surface area contributed by atoms with Crippen molar-refractivity contribution in [3.63, 3.8) is 0 Å². The van der Waals surface area contributed by atoms with Crippen LogP contribution in [0, 0.1) is 0 Å². The third-order valence-corrected chi connectivity index (χ3v) is 5.46. The van der Waals surface area contributed by atoms with E-state index in [9.17, 15) is 24.6 Å². The van der Waals surface area contributed by atoms with Crippen LogP contribution in [-0.2, 0) is 9.53 Å². The minimum atomic E-state index is -1.52. The van der Waals surface area contributed by atoms with E-state index in [2.05, 4.69) is 4.98 Å². The number of aromatic amines is 1. The van der Waals surface area contributed by atoms with Crippen LogP contribution >= 0.6 is 11.6 Å². The highest BCUT2D eigenvalue weighted by Gasteiger charge is 2.49. The number of aliphatic hydroxyl groups is 2. The Kier molecular flexibility index (Phi) is 5.60. The van der Waals surface area contributed by atoms with Crippen molar-refractivity contribution in [2.45, 2.75) is 24.5 Å². The van der Waals surface area contributed by atoms with E-state index in [1.165, 1.54) is 4.90 Å². The number of pyridine rings is 1. The molecule has 12 heteroatoms. The molecule has 0 saturated carbocycles. The third kappa shape index (κ3) is 3.84. The summed E-state index contributed by atoms with van der Waals surface area (Å²) in [5, 5.41) is 21.2. The first-order valence-corrected chi connectivity index (χ1v) is 9.71. The van der Waals surface area contributed by atoms with E-state index in [1.54, 1.807) is 18.3 Å². The van der Waals surface area contributed by atoms with Crippen LogP contribution in [0.2, 0.25) is 5.02 Å². The Hall–Kier alpha value is -2.73. The Morgan fingerprint density at radius 2 is 1.87 bits per heavy atom. The predicted molar refractivity (Wildman–Crippen MR) is 105 cm³/mol. The molecule has 4 atom stereocenters. The van der Waals surface area contributed by atoms with Gasteiger partial charge in [-0.2, -0.15) is 0 Å². The molecule has 2 fully saturated rings. The van der Waals surface area contributed by atoms with E-state index < -0.39 is 41.7 Å². The fourth-order valence-electron chi connectivity index (χ4n) is 3.61. The van der Waals surface area contributed by atoms with Crippen molar-refractivity contribution in [1.29, 1.82) is 0 Å². The predicted octanol–water partition coefficient (Wildman–Crippen LogP) is -1.45. The first kappa shape index (κ1) is 20.5. The van der Waals surface area contributed by atoms with Gasteiger partial charge in [0.25, 0.3) is 11.5 Å². The third-order valence-electron chi connectivity index (χ3n) is 5.23. The second-order valence-electron chi connectivity index (χ2n) is 7.09. The highest BCUT2D eigenvalue weighted by Crippen LogP contribution is 2.29. The van der Waals surface area contributed by atoms with Crippen LogP contribution < -0.4 is 16.1 Å². The van der Waals surface area contributed by atoms with E-state index in [0.29, 0.717) is 31.2 Å². The molecule has 0 unspecified atom stereocenters. The number of carbonyl (C=O) groups is 1. The Morgan fingerprint density at radius 1 is 1.13 bits per heavy atom. The number of anilines is 1. The number of nitrogens with zero attached hydrogens (tertiary/aromatic N) is 4. The first-order valence-electron chi connectivity index (χ1n) is 9.33. The minimum absolute atomic E-state index is 0.370. The summed E-state index contributed by atoms with van der Waals surface area (Å²) < 4.78 is 6.48. The molecule has 1 amide bonds. The molecule has 0 bridgehead atoms. The van der Waals surface area contributed by atoms with Gasteiger partial charge < -0.3 is 24.7 Å². The summed E-state index contributed by atoms with van der Waals surface area (Å²) in [6.07, 6.45) is -2.95. The van der Waals surface area contributed by atoms with Crippen LogP contribution in [0.25, 0.3) is 0 Å². The number of hydrogen-bond donors (Lipinski definition) is 3. The van der Waals surface area contributed by atoms with Gasteiger partial charge in [-0.15, -0.1) is 0 Å². The van der Waals surface area contributed by atoms with Crippen molar-refractivity contribution in [3.05, 3.63) is 56.5 Å². The molecule has 0 radical (unpaired) electrons. The van der Waals surface area contributed by atoms with Crippen LogP contribution in [0.1, 0.15) is 6.23 Å². The maximum atomic E-state index is 12.9. The molecular formula is C18H20ClN5O6. The van der Waals surface area contributed by atoms with Crippen molar-refractivity contribution in [1.82, 2.24) is 19.4 Å². The van der Waals surface area contributed by atoms with E-state index in [-0.39, 0.29) is 0 Å². The molecule has 0 aromatic carbocycles. The number of nitrogens with one attached hydrogen (secondary N) is 1. The second-order valence-corrected chi connectivity index (χ2v) is 7.53. The molecule has 2 saturated heterocycles. The number of piperazine rings is 1. The van der Waals surface area contributed by atoms with Crippen LogP contribution in [-0.4, -0.2) is 80.0 Å². The zero-order valence-corrected chi connectivity index (χ0v) is 16.5. The molecule has 11 nitrogen and oxygen atoms in total. The Labute approximate surface area is 175 Å². The van der Waals surface area contributed by atoms with E-state index in [4.69, 9.17) is 16.3 Å². The topological polar surface area (TPSA) is 141 Å². The molecule has 2 aromatic heterocycles. The van der Waals surface area contributed by atoms with Gasteiger partial charge in [-0.25, -0.2) is 9.78 Å². The van der Waals surface area contributed by atoms with Crippen molar-refractivity contribution in [2.75, 3.05) is 31.1 Å². The molecular weight excluding hydrogens is 418 g/mol. The summed E-state index contributed by atoms with van der Waals surface area (Å²) in [5.74, 6) is 0.266. The Morgan fingerprint density at radius 3 is 2.50 bits per heavy atom. The highest BCUT2D eigenvalue weighted by molar-refractivity contribution is 6.30. The van der Waals surface area contributed by atoms with Crippen molar-refractivity contribution in [3.8, 4) is 0 Å². The fourth-order valence-corrected chi connectivity index (χ4v) is 3.72. The van der Waals surface area contributed by atoms with Gasteiger partial charge in [0.05, 0.1) is 5.02 Å². The highest BCUT2D eigenvalue weighted by atomic mass is 35.5. The van der Waals surface area contributed by atoms with Gasteiger partial charge in [-0.3, -0.25) is 19.1 Å². The summed E-state index contributed by atoms with van der Waals surface area (Å²) >= 11 is 5.86. The largest absolute Gasteiger partial charge is 0.387 e. The van der Waals surface area contributed by atoms with E-state index in [0.717, 1.165) is 22.6 Å². The number of rotatable bonds is 3. The van der Waals surface area contributed by atoms with E-state index in [1.807, 2.05) is 9.88 Å². The Bertz CT molecular complexity index is 1030. The molecule has 3 N–H and O–H groups in total. The normalized spacial score (nSPS) is 26.8. The average Bonchev–Trinajstić information content (AvgIpc) is 3.03. The number of amides is 1. The maximum absolute atomic E-state index is 12.9. The molecule has 0 spiro atoms. The number of H-pyrrole nitrogens is 1. The number of aliphatic hydroxyl groups excluding tert-OH is 2. The van der Waals surface area contributed by atoms with Crippen molar-refractivity contribution >= 4 is 23.3 Å². The second kappa shape index (κ2) is 8.19. The number of carbonyl (C=O) groups excluding carboxylic acids is 1. The van der Waals surface area contributed by atoms with Gasteiger partial charge in [-0.05, 0) is 12.1 Å². The summed E-state index contributed by atoms with van der Waals surface area (Å²) in [5.41, 5.74) is -1.42. The first-order chi connectivity index (χ1) is 14.3. The summed E-state index contributed by atoms with van der Waals surface area (Å²) in [6.45, 7) is 1.78. The van der Waals surface area contributed by atoms with Crippen molar-refractivity contribution < 1.29 is 19.7 Å². The Balaban J connectivity index is 1.43. The average molecular weight is 438 g/mol. The summed E-state index contributed by atoms with van der Waals surface area (Å²) in [6, 6.07) is 4.62. The fraction of sp³-hybridized carbons (Fsp3) is 0.444. The molecule has 4 heterocycles. The summed E-state index contributed by atoms with van der Waals surface area (Å²) in [7, 11) is 0. The van der Waals surface area contributed by atoms with Crippen LogP contribution in [0.4, 0.5) is 5.82 Å². The van der Waals surface area contributed by atoms with Crippen LogP contribution in [0.5, 0.6) is 0 Å². The molecule has 2 aliphatic rings. The van der Waals surface area contributed by atoms with E-state index >= 15 is 0 Å². The quantitative estimate of drug-likeness (QED) is 0.530. The number of ether oxygens (including phenoxy) is 1. The van der Waals surface area contributed by atoms with Gasteiger partial charge >= 0.3 is 5.69 Å². The van der Waals surface area contributed by atoms with Gasteiger partial charge in [0.15, 0.2) is 12.3 Å². The lowest BCUT2D eigenvalue weighted by Crippen LogP contribution is -2.53. The van der Waals surface area contributed by atoms with Gasteiger partial charge in [0.1, 0.15) is 18.0 Å². The number of aromatic nitrogens is 3. The molecule has 160 valence electrons. The summed E-state index contributed by atoms with van der Waals surface area (Å²) in [4.78, 5) is 45.9. The van der Waals surface area contributed by atoms with Gasteiger partial charge in [-0.1, -0.05) is 11.6 Å². The molecule has 4 rings (SSSR count). The lowest BCUT2D eigenvalue weighted by molar-refractivity contribution is -0.149. The van der Waals surface area contributed by atoms with Gasteiger partial charge in [0, 0.05) is 44.6 Å². The zero-order valence-electron chi connectivity index (χ0n) is 15.7. The lowest BCUT2D eigenvalue weighted by Gasteiger charge is -2.36. The monoisotopic (exact) mass is 437 g/mol. The van der Waals surface area contributed by atoms with Crippen molar-refractivity contribution in [2.24, 2.45) is 0 Å². The SMILES string of the molecule is O=C([C@H]1O[C@@H](n2ccc(=O)[nH]c2=O)[C@H](O)[C@@H]1O)N1CCN(c2ccc(Cl)cn2)CC1. The molecule has 2 aliphatic heterocycles. The van der Waals surface area contributed by atoms with Crippen LogP contribution in [0.3, 0.4) is 0 Å². The minimum Gasteiger partial charge on any atom is -0.387 e. The number of halogens is 1. The molecule has 0 aliphatic carbocycles. The smallest absolute Gasteiger partial charge is 0.330 e. The van der Waals surface area contributed by atoms with Gasteiger partial charge in [0.2, 0.25) is 0 Å². The maximum Gasteiger partial charge on any atom is 0.330 e. The van der Waals surface area contributed by atoms with Crippen LogP contribution in [0.15, 0.2) is 40.2 Å². The lowest BCUT2D eigenvalue weighted by atomic mass is 10.1. The zero-order chi connectivity index (χ0) is 21.4.